The van der Waals surface area contributed by atoms with Crippen molar-refractivity contribution in [2.24, 2.45) is 0 Å². The Morgan fingerprint density at radius 1 is 1.38 bits per heavy atom. The second-order valence-electron chi connectivity index (χ2n) is 5.91. The Labute approximate surface area is 151 Å². The summed E-state index contributed by atoms with van der Waals surface area (Å²) >= 11 is 1.70. The standard InChI is InChI=1S/C17H21N3O2S.ClH/c1-10-16(23-11(2)20-10)13-5-3-12(4-6-13)8-19-17(22)15-7-14(21)9-18-15;/h3-6,14-15,18,21H,7-9H2,1-2H3,(H,19,22);1H/t14-,15+;/m1./s1. The molecule has 2 aromatic rings. The first-order valence-corrected chi connectivity index (χ1v) is 8.57. The van der Waals surface area contributed by atoms with Gasteiger partial charge in [0, 0.05) is 13.1 Å². The second-order valence-corrected chi connectivity index (χ2v) is 7.12. The Kier molecular flexibility index (Phi) is 6.34. The lowest BCUT2D eigenvalue weighted by Crippen LogP contribution is -2.39. The largest absolute Gasteiger partial charge is 0.392 e. The third kappa shape index (κ3) is 4.33. The fourth-order valence-corrected chi connectivity index (χ4v) is 3.73. The number of aliphatic hydroxyl groups excluding tert-OH is 1. The van der Waals surface area contributed by atoms with E-state index in [2.05, 4.69) is 27.8 Å². The molecule has 0 radical (unpaired) electrons. The summed E-state index contributed by atoms with van der Waals surface area (Å²) in [5.74, 6) is -0.0560. The number of aryl methyl sites for hydroxylation is 2. The molecule has 2 heterocycles. The van der Waals surface area contributed by atoms with E-state index in [1.54, 1.807) is 11.3 Å². The molecule has 5 nitrogen and oxygen atoms in total. The number of hydrogen-bond acceptors (Lipinski definition) is 5. The summed E-state index contributed by atoms with van der Waals surface area (Å²) in [7, 11) is 0. The van der Waals surface area contributed by atoms with E-state index in [9.17, 15) is 9.90 Å². The average Bonchev–Trinajstić information content (AvgIpc) is 3.11. The van der Waals surface area contributed by atoms with Crippen molar-refractivity contribution in [3.05, 3.63) is 40.5 Å². The molecule has 1 aromatic heterocycles. The predicted octanol–water partition coefficient (Wildman–Crippen LogP) is 2.19. The molecule has 3 rings (SSSR count). The number of aromatic nitrogens is 1. The number of β-amino-alcohol motifs (C(OH)–C–C–N with tert-alkyl or cyclic N) is 1. The van der Waals surface area contributed by atoms with Gasteiger partial charge in [0.25, 0.3) is 0 Å². The number of benzene rings is 1. The number of carbonyl (C=O) groups excluding carboxylic acids is 1. The summed E-state index contributed by atoms with van der Waals surface area (Å²) in [6.45, 7) is 5.02. The fraction of sp³-hybridized carbons (Fsp3) is 0.412. The molecule has 2 atom stereocenters. The van der Waals surface area contributed by atoms with Gasteiger partial charge in [-0.15, -0.1) is 23.7 Å². The summed E-state index contributed by atoms with van der Waals surface area (Å²) in [6, 6.07) is 7.91. The number of nitrogens with zero attached hydrogens (tertiary/aromatic N) is 1. The first kappa shape index (κ1) is 18.9. The van der Waals surface area contributed by atoms with Crippen LogP contribution in [-0.2, 0) is 11.3 Å². The van der Waals surface area contributed by atoms with E-state index in [0.717, 1.165) is 21.8 Å². The molecule has 0 unspecified atom stereocenters. The Hall–Kier alpha value is -1.47. The van der Waals surface area contributed by atoms with Crippen LogP contribution in [0.4, 0.5) is 0 Å². The van der Waals surface area contributed by atoms with Crippen LogP contribution in [-0.4, -0.2) is 34.7 Å². The second kappa shape index (κ2) is 8.07. The summed E-state index contributed by atoms with van der Waals surface area (Å²) in [6.07, 6.45) is 0.0607. The minimum atomic E-state index is -0.420. The van der Waals surface area contributed by atoms with Crippen molar-refractivity contribution in [3.63, 3.8) is 0 Å². The fourth-order valence-electron chi connectivity index (χ4n) is 2.80. The smallest absolute Gasteiger partial charge is 0.237 e. The quantitative estimate of drug-likeness (QED) is 0.774. The molecule has 1 aromatic carbocycles. The third-order valence-corrected chi connectivity index (χ3v) is 5.13. The van der Waals surface area contributed by atoms with Gasteiger partial charge in [0.2, 0.25) is 5.91 Å². The molecule has 1 aliphatic rings. The van der Waals surface area contributed by atoms with Gasteiger partial charge in [0.05, 0.1) is 27.7 Å². The molecular weight excluding hydrogens is 346 g/mol. The van der Waals surface area contributed by atoms with Gasteiger partial charge in [-0.1, -0.05) is 24.3 Å². The molecule has 130 valence electrons. The van der Waals surface area contributed by atoms with Gasteiger partial charge in [0.15, 0.2) is 0 Å². The highest BCUT2D eigenvalue weighted by atomic mass is 35.5. The first-order valence-electron chi connectivity index (χ1n) is 7.75. The molecule has 0 aliphatic carbocycles. The monoisotopic (exact) mass is 367 g/mol. The van der Waals surface area contributed by atoms with Crippen molar-refractivity contribution in [1.29, 1.82) is 0 Å². The van der Waals surface area contributed by atoms with Gasteiger partial charge in [-0.3, -0.25) is 4.79 Å². The highest BCUT2D eigenvalue weighted by Crippen LogP contribution is 2.29. The van der Waals surface area contributed by atoms with Crippen molar-refractivity contribution in [1.82, 2.24) is 15.6 Å². The molecule has 7 heteroatoms. The van der Waals surface area contributed by atoms with Crippen LogP contribution >= 0.6 is 23.7 Å². The summed E-state index contributed by atoms with van der Waals surface area (Å²) in [4.78, 5) is 17.7. The predicted molar refractivity (Wildman–Crippen MR) is 98.5 cm³/mol. The minimum Gasteiger partial charge on any atom is -0.392 e. The number of halogens is 1. The van der Waals surface area contributed by atoms with Gasteiger partial charge in [-0.05, 0) is 31.4 Å². The van der Waals surface area contributed by atoms with Crippen LogP contribution in [0.15, 0.2) is 24.3 Å². The van der Waals surface area contributed by atoms with Gasteiger partial charge >= 0.3 is 0 Å². The molecule has 0 saturated carbocycles. The van der Waals surface area contributed by atoms with E-state index in [1.165, 1.54) is 4.88 Å². The van der Waals surface area contributed by atoms with Crippen molar-refractivity contribution in [2.75, 3.05) is 6.54 Å². The number of hydrogen-bond donors (Lipinski definition) is 3. The van der Waals surface area contributed by atoms with Gasteiger partial charge < -0.3 is 15.7 Å². The van der Waals surface area contributed by atoms with E-state index >= 15 is 0 Å². The first-order chi connectivity index (χ1) is 11.0. The van der Waals surface area contributed by atoms with Crippen LogP contribution in [0.3, 0.4) is 0 Å². The average molecular weight is 368 g/mol. The van der Waals surface area contributed by atoms with Crippen molar-refractivity contribution < 1.29 is 9.90 Å². The van der Waals surface area contributed by atoms with E-state index in [0.29, 0.717) is 19.5 Å². The third-order valence-electron chi connectivity index (χ3n) is 4.01. The van der Waals surface area contributed by atoms with Gasteiger partial charge in [-0.2, -0.15) is 0 Å². The van der Waals surface area contributed by atoms with E-state index in [1.807, 2.05) is 26.0 Å². The molecule has 0 spiro atoms. The van der Waals surface area contributed by atoms with E-state index < -0.39 is 6.10 Å². The number of carbonyl (C=O) groups is 1. The molecule has 0 bridgehead atoms. The number of aliphatic hydroxyl groups is 1. The summed E-state index contributed by atoms with van der Waals surface area (Å²) in [5.41, 5.74) is 3.27. The highest BCUT2D eigenvalue weighted by molar-refractivity contribution is 7.15. The van der Waals surface area contributed by atoms with Crippen LogP contribution < -0.4 is 10.6 Å². The highest BCUT2D eigenvalue weighted by Gasteiger charge is 2.27. The Morgan fingerprint density at radius 3 is 2.62 bits per heavy atom. The van der Waals surface area contributed by atoms with Crippen molar-refractivity contribution >= 4 is 29.7 Å². The minimum absolute atomic E-state index is 0. The number of rotatable bonds is 4. The number of amides is 1. The van der Waals surface area contributed by atoms with Crippen LogP contribution in [0.25, 0.3) is 10.4 Å². The lowest BCUT2D eigenvalue weighted by atomic mass is 10.1. The maximum absolute atomic E-state index is 12.0. The SMILES string of the molecule is Cc1nc(C)c(-c2ccc(CNC(=O)[C@@H]3C[C@@H](O)CN3)cc2)s1.Cl. The zero-order chi connectivity index (χ0) is 16.4. The molecule has 1 amide bonds. The maximum Gasteiger partial charge on any atom is 0.237 e. The topological polar surface area (TPSA) is 74.2 Å². The maximum atomic E-state index is 12.0. The van der Waals surface area contributed by atoms with Crippen molar-refractivity contribution in [2.45, 2.75) is 39.0 Å². The Bertz CT molecular complexity index is 702. The van der Waals surface area contributed by atoms with Crippen LogP contribution in [0, 0.1) is 13.8 Å². The Balaban J connectivity index is 0.00000208. The lowest BCUT2D eigenvalue weighted by Gasteiger charge is -2.11. The molecule has 24 heavy (non-hydrogen) atoms. The zero-order valence-corrected chi connectivity index (χ0v) is 15.3. The van der Waals surface area contributed by atoms with E-state index in [-0.39, 0.29) is 24.4 Å². The molecular formula is C17H22ClN3O2S. The number of nitrogens with one attached hydrogen (secondary N) is 2. The van der Waals surface area contributed by atoms with Crippen molar-refractivity contribution in [3.8, 4) is 10.4 Å². The molecule has 1 fully saturated rings. The lowest BCUT2D eigenvalue weighted by molar-refractivity contribution is -0.123. The normalized spacial score (nSPS) is 19.8. The van der Waals surface area contributed by atoms with Crippen LogP contribution in [0.1, 0.15) is 22.7 Å². The Morgan fingerprint density at radius 2 is 2.08 bits per heavy atom. The summed E-state index contributed by atoms with van der Waals surface area (Å²) in [5, 5.41) is 16.4. The molecule has 1 saturated heterocycles. The van der Waals surface area contributed by atoms with Gasteiger partial charge in [-0.25, -0.2) is 4.98 Å². The number of thiazole rings is 1. The molecule has 3 N–H and O–H groups in total. The summed E-state index contributed by atoms with van der Waals surface area (Å²) < 4.78 is 0. The van der Waals surface area contributed by atoms with Crippen LogP contribution in [0.5, 0.6) is 0 Å². The van der Waals surface area contributed by atoms with Crippen LogP contribution in [0.2, 0.25) is 0 Å². The van der Waals surface area contributed by atoms with E-state index in [4.69, 9.17) is 0 Å². The zero-order valence-electron chi connectivity index (χ0n) is 13.7. The molecule has 1 aliphatic heterocycles. The van der Waals surface area contributed by atoms with Gasteiger partial charge in [0.1, 0.15) is 0 Å².